The molecule has 0 bridgehead atoms. The molecule has 0 unspecified atom stereocenters. The molecule has 1 aromatic heterocycles. The van der Waals surface area contributed by atoms with Crippen molar-refractivity contribution in [2.45, 2.75) is 24.8 Å². The van der Waals surface area contributed by atoms with Crippen LogP contribution in [0.15, 0.2) is 54.6 Å². The molecule has 2 saturated heterocycles. The Kier molecular flexibility index (Phi) is 8.83. The first kappa shape index (κ1) is 29.2. The van der Waals surface area contributed by atoms with Gasteiger partial charge in [-0.3, -0.25) is 9.69 Å². The summed E-state index contributed by atoms with van der Waals surface area (Å²) in [4.78, 5) is 32.1. The normalized spacial score (nSPS) is 20.9. The minimum atomic E-state index is -0.721. The smallest absolute Gasteiger partial charge is 0.410 e. The van der Waals surface area contributed by atoms with Crippen molar-refractivity contribution >= 4 is 29.4 Å². The van der Waals surface area contributed by atoms with Crippen molar-refractivity contribution in [3.05, 3.63) is 88.1 Å². The zero-order valence-electron chi connectivity index (χ0n) is 22.9. The third kappa shape index (κ3) is 6.14. The van der Waals surface area contributed by atoms with Gasteiger partial charge in [-0.25, -0.2) is 13.6 Å². The van der Waals surface area contributed by atoms with Crippen LogP contribution in [0.3, 0.4) is 0 Å². The van der Waals surface area contributed by atoms with Gasteiger partial charge in [0.2, 0.25) is 5.91 Å². The zero-order valence-corrected chi connectivity index (χ0v) is 23.7. The first-order valence-electron chi connectivity index (χ1n) is 13.6. The van der Waals surface area contributed by atoms with E-state index >= 15 is 4.39 Å². The molecule has 2 aliphatic rings. The molecule has 218 valence electrons. The first-order chi connectivity index (χ1) is 20.3. The van der Waals surface area contributed by atoms with Crippen LogP contribution in [0.25, 0.3) is 0 Å². The van der Waals surface area contributed by atoms with Crippen LogP contribution in [0.4, 0.5) is 19.4 Å². The number of nitrogens with zero attached hydrogens (tertiary/aromatic N) is 6. The fourth-order valence-electron chi connectivity index (χ4n) is 5.86. The van der Waals surface area contributed by atoms with E-state index in [-0.39, 0.29) is 49.4 Å². The molecule has 3 aromatic rings. The first-order valence-corrected chi connectivity index (χ1v) is 14.0. The molecule has 2 amide bonds. The lowest BCUT2D eigenvalue weighted by molar-refractivity contribution is -0.136. The van der Waals surface area contributed by atoms with Gasteiger partial charge >= 0.3 is 6.09 Å². The molecule has 0 aliphatic carbocycles. The number of methoxy groups -OCH3 is 1. The number of benzene rings is 2. The number of ether oxygens (including phenoxy) is 1. The summed E-state index contributed by atoms with van der Waals surface area (Å²) in [6, 6.07) is 15.6. The summed E-state index contributed by atoms with van der Waals surface area (Å²) in [5.74, 6) is -2.41. The molecule has 0 radical (unpaired) electrons. The van der Waals surface area contributed by atoms with Gasteiger partial charge in [0.1, 0.15) is 17.7 Å². The lowest BCUT2D eigenvalue weighted by atomic mass is 9.87. The van der Waals surface area contributed by atoms with Gasteiger partial charge in [-0.1, -0.05) is 29.8 Å². The molecule has 2 aromatic carbocycles. The summed E-state index contributed by atoms with van der Waals surface area (Å²) >= 11 is 6.07. The van der Waals surface area contributed by atoms with E-state index in [1.54, 1.807) is 28.0 Å². The number of hydrogen-bond acceptors (Lipinski definition) is 7. The van der Waals surface area contributed by atoms with Crippen LogP contribution in [0, 0.1) is 28.9 Å². The number of amides is 2. The van der Waals surface area contributed by atoms with Crippen molar-refractivity contribution in [2.24, 2.45) is 5.92 Å². The fraction of sp³-hybridized carbons (Fsp3) is 0.367. The number of rotatable bonds is 4. The van der Waals surface area contributed by atoms with Crippen molar-refractivity contribution in [2.75, 3.05) is 44.7 Å². The quantitative estimate of drug-likeness (QED) is 0.422. The van der Waals surface area contributed by atoms with Crippen LogP contribution in [0.1, 0.15) is 41.6 Å². The molecular formula is C30H29ClF2N6O3. The van der Waals surface area contributed by atoms with Gasteiger partial charge in [0.25, 0.3) is 0 Å². The summed E-state index contributed by atoms with van der Waals surface area (Å²) in [6.07, 6.45) is 0.704. The highest BCUT2D eigenvalue weighted by molar-refractivity contribution is 6.30. The molecule has 0 N–H and O–H groups in total. The van der Waals surface area contributed by atoms with Crippen LogP contribution in [0.5, 0.6) is 0 Å². The molecular weight excluding hydrogens is 566 g/mol. The van der Waals surface area contributed by atoms with Gasteiger partial charge in [-0.2, -0.15) is 5.26 Å². The van der Waals surface area contributed by atoms with Gasteiger partial charge in [0.15, 0.2) is 11.5 Å². The van der Waals surface area contributed by atoms with E-state index in [0.29, 0.717) is 30.2 Å². The molecule has 9 nitrogen and oxygen atoms in total. The Morgan fingerprint density at radius 2 is 1.81 bits per heavy atom. The van der Waals surface area contributed by atoms with Crippen molar-refractivity contribution in [3.63, 3.8) is 0 Å². The molecule has 3 atom stereocenters. The molecule has 2 aliphatic heterocycles. The number of nitriles is 1. The maximum absolute atomic E-state index is 15.0. The highest BCUT2D eigenvalue weighted by Crippen LogP contribution is 2.38. The molecule has 0 saturated carbocycles. The number of carbonyl (C=O) groups excluding carboxylic acids is 2. The fourth-order valence-corrected chi connectivity index (χ4v) is 5.99. The average molecular weight is 595 g/mol. The number of anilines is 1. The summed E-state index contributed by atoms with van der Waals surface area (Å²) in [7, 11) is 1.32. The summed E-state index contributed by atoms with van der Waals surface area (Å²) < 4.78 is 33.9. The van der Waals surface area contributed by atoms with E-state index in [9.17, 15) is 14.0 Å². The van der Waals surface area contributed by atoms with Crippen LogP contribution in [-0.4, -0.2) is 71.8 Å². The zero-order chi connectivity index (χ0) is 29.8. The van der Waals surface area contributed by atoms with Gasteiger partial charge in [0.05, 0.1) is 19.1 Å². The summed E-state index contributed by atoms with van der Waals surface area (Å²) in [6.45, 7) is 1.41. The summed E-state index contributed by atoms with van der Waals surface area (Å²) in [5, 5.41) is 17.7. The van der Waals surface area contributed by atoms with Crippen LogP contribution in [-0.2, 0) is 9.53 Å². The van der Waals surface area contributed by atoms with Gasteiger partial charge in [-0.15, -0.1) is 10.2 Å². The number of halogens is 3. The minimum absolute atomic E-state index is 0.152. The van der Waals surface area contributed by atoms with Crippen molar-refractivity contribution < 1.29 is 23.1 Å². The standard InChI is InChI=1S/C30H29ClF2N6O3/c1-42-30(41)39-14-13-37(12-2-3-27(39)19-4-6-20(31)7-5-19)29(40)25-18-38(28-11-9-22(16-34)35-36-28)17-24(25)23-10-8-21(32)15-26(23)33/h4-11,15,24-25,27H,2-3,12-14,17-18H2,1H3/t24-,25+,27-/m0/s1. The second kappa shape index (κ2) is 12.7. The average Bonchev–Trinajstić information content (AvgIpc) is 3.42. The SMILES string of the molecule is COC(=O)N1CCN(C(=O)[C@@H]2CN(c3ccc(C#N)nn3)C[C@H]2c2ccc(F)cc2F)CCC[C@H]1c1ccc(Cl)cc1. The van der Waals surface area contributed by atoms with E-state index in [4.69, 9.17) is 21.6 Å². The molecule has 3 heterocycles. The molecule has 5 rings (SSSR count). The maximum Gasteiger partial charge on any atom is 0.410 e. The van der Waals surface area contributed by atoms with Gasteiger partial charge in [-0.05, 0) is 54.3 Å². The van der Waals surface area contributed by atoms with Crippen LogP contribution in [0.2, 0.25) is 5.02 Å². The Labute approximate surface area is 247 Å². The predicted octanol–water partition coefficient (Wildman–Crippen LogP) is 4.93. The highest BCUT2D eigenvalue weighted by atomic mass is 35.5. The second-order valence-corrected chi connectivity index (χ2v) is 10.8. The summed E-state index contributed by atoms with van der Waals surface area (Å²) in [5.41, 5.74) is 1.32. The van der Waals surface area contributed by atoms with Crippen LogP contribution >= 0.6 is 11.6 Å². The molecule has 12 heteroatoms. The van der Waals surface area contributed by atoms with E-state index in [1.165, 1.54) is 25.3 Å². The van der Waals surface area contributed by atoms with Gasteiger partial charge < -0.3 is 14.5 Å². The van der Waals surface area contributed by atoms with Crippen molar-refractivity contribution in [1.82, 2.24) is 20.0 Å². The molecule has 2 fully saturated rings. The highest BCUT2D eigenvalue weighted by Gasteiger charge is 2.42. The van der Waals surface area contributed by atoms with E-state index in [1.807, 2.05) is 23.1 Å². The lowest BCUT2D eigenvalue weighted by Crippen LogP contribution is -2.47. The monoisotopic (exact) mass is 594 g/mol. The predicted molar refractivity (Wildman–Crippen MR) is 151 cm³/mol. The third-order valence-electron chi connectivity index (χ3n) is 7.96. The Morgan fingerprint density at radius 1 is 1.02 bits per heavy atom. The second-order valence-electron chi connectivity index (χ2n) is 10.4. The minimum Gasteiger partial charge on any atom is -0.453 e. The van der Waals surface area contributed by atoms with E-state index in [0.717, 1.165) is 11.6 Å². The topological polar surface area (TPSA) is 103 Å². The molecule has 42 heavy (non-hydrogen) atoms. The third-order valence-corrected chi connectivity index (χ3v) is 8.21. The number of aromatic nitrogens is 2. The van der Waals surface area contributed by atoms with E-state index < -0.39 is 29.6 Å². The van der Waals surface area contributed by atoms with Crippen LogP contribution < -0.4 is 4.90 Å². The largest absolute Gasteiger partial charge is 0.453 e. The van der Waals surface area contributed by atoms with Crippen molar-refractivity contribution in [1.29, 1.82) is 5.26 Å². The number of carbonyl (C=O) groups is 2. The number of hydrogen-bond donors (Lipinski definition) is 0. The Hall–Kier alpha value is -4.30. The van der Waals surface area contributed by atoms with Gasteiger partial charge in [0, 0.05) is 49.7 Å². The Balaban J connectivity index is 1.40. The van der Waals surface area contributed by atoms with E-state index in [2.05, 4.69) is 10.2 Å². The Bertz CT molecular complexity index is 1480. The molecule has 0 spiro atoms. The van der Waals surface area contributed by atoms with Crippen molar-refractivity contribution in [3.8, 4) is 6.07 Å². The maximum atomic E-state index is 15.0. The lowest BCUT2D eigenvalue weighted by Gasteiger charge is -2.37. The Morgan fingerprint density at radius 3 is 2.48 bits per heavy atom.